The molecule has 2 aromatic rings. The zero-order valence-electron chi connectivity index (χ0n) is 11.7. The van der Waals surface area contributed by atoms with Gasteiger partial charge in [-0.15, -0.1) is 11.3 Å². The van der Waals surface area contributed by atoms with E-state index in [-0.39, 0.29) is 11.9 Å². The summed E-state index contributed by atoms with van der Waals surface area (Å²) in [5, 5.41) is 5.69. The average Bonchev–Trinajstić information content (AvgIpc) is 2.83. The molecule has 0 fully saturated rings. The van der Waals surface area contributed by atoms with Gasteiger partial charge in [-0.3, -0.25) is 0 Å². The van der Waals surface area contributed by atoms with E-state index in [1.54, 1.807) is 23.5 Å². The Morgan fingerprint density at radius 1 is 1.35 bits per heavy atom. The van der Waals surface area contributed by atoms with Crippen molar-refractivity contribution in [1.82, 2.24) is 5.32 Å². The summed E-state index contributed by atoms with van der Waals surface area (Å²) in [6, 6.07) is 7.50. The summed E-state index contributed by atoms with van der Waals surface area (Å²) in [5.74, 6) is -0.164. The molecule has 0 saturated carbocycles. The average molecular weight is 356 g/mol. The van der Waals surface area contributed by atoms with E-state index in [2.05, 4.69) is 39.6 Å². The molecule has 0 aliphatic heterocycles. The third-order valence-electron chi connectivity index (χ3n) is 3.30. The van der Waals surface area contributed by atoms with Gasteiger partial charge in [-0.1, -0.05) is 13.0 Å². The Balaban J connectivity index is 2.18. The lowest BCUT2D eigenvalue weighted by molar-refractivity contribution is 0.534. The molecule has 1 aromatic heterocycles. The van der Waals surface area contributed by atoms with Crippen LogP contribution in [0.1, 0.15) is 35.4 Å². The molecule has 1 N–H and O–H groups in total. The van der Waals surface area contributed by atoms with E-state index in [9.17, 15) is 4.39 Å². The quantitative estimate of drug-likeness (QED) is 0.746. The van der Waals surface area contributed by atoms with Crippen LogP contribution in [0.2, 0.25) is 0 Å². The van der Waals surface area contributed by atoms with Gasteiger partial charge in [0.2, 0.25) is 0 Å². The molecule has 0 aliphatic carbocycles. The Hall–Kier alpha value is -0.710. The van der Waals surface area contributed by atoms with E-state index in [1.165, 1.54) is 10.4 Å². The second kappa shape index (κ2) is 7.34. The van der Waals surface area contributed by atoms with Crippen LogP contribution in [0, 0.1) is 12.7 Å². The maximum Gasteiger partial charge on any atom is 0.123 e. The van der Waals surface area contributed by atoms with Gasteiger partial charge in [0.1, 0.15) is 5.82 Å². The van der Waals surface area contributed by atoms with Gasteiger partial charge in [0.15, 0.2) is 0 Å². The van der Waals surface area contributed by atoms with E-state index in [0.29, 0.717) is 0 Å². The normalized spacial score (nSPS) is 12.6. The van der Waals surface area contributed by atoms with Crippen molar-refractivity contribution in [3.05, 3.63) is 55.9 Å². The first-order valence-corrected chi connectivity index (χ1v) is 8.49. The fraction of sp³-hybridized carbons (Fsp3) is 0.375. The molecule has 0 amide bonds. The Kier molecular flexibility index (Phi) is 5.75. The van der Waals surface area contributed by atoms with E-state index >= 15 is 0 Å². The van der Waals surface area contributed by atoms with E-state index < -0.39 is 0 Å². The number of halogens is 2. The van der Waals surface area contributed by atoms with Crippen LogP contribution in [0.25, 0.3) is 0 Å². The lowest BCUT2D eigenvalue weighted by Crippen LogP contribution is -2.23. The van der Waals surface area contributed by atoms with Crippen LogP contribution in [0.3, 0.4) is 0 Å². The summed E-state index contributed by atoms with van der Waals surface area (Å²) in [6.45, 7) is 5.12. The molecule has 0 aliphatic rings. The van der Waals surface area contributed by atoms with Gasteiger partial charge in [0, 0.05) is 20.8 Å². The fourth-order valence-corrected chi connectivity index (χ4v) is 3.73. The molecule has 20 heavy (non-hydrogen) atoms. The van der Waals surface area contributed by atoms with E-state index in [4.69, 9.17) is 0 Å². The van der Waals surface area contributed by atoms with Crippen molar-refractivity contribution in [2.75, 3.05) is 6.54 Å². The largest absolute Gasteiger partial charge is 0.309 e. The Bertz CT molecular complexity index is 567. The summed E-state index contributed by atoms with van der Waals surface area (Å²) in [6.07, 6.45) is 1.99. The van der Waals surface area contributed by atoms with Crippen molar-refractivity contribution in [3.63, 3.8) is 0 Å². The Morgan fingerprint density at radius 3 is 2.75 bits per heavy atom. The van der Waals surface area contributed by atoms with Crippen LogP contribution in [-0.2, 0) is 6.42 Å². The number of thiophene rings is 1. The molecule has 4 heteroatoms. The van der Waals surface area contributed by atoms with Crippen LogP contribution < -0.4 is 5.32 Å². The van der Waals surface area contributed by atoms with Crippen molar-refractivity contribution in [2.45, 2.75) is 32.7 Å². The number of aryl methyl sites for hydroxylation is 1. The van der Waals surface area contributed by atoms with Crippen LogP contribution in [0.15, 0.2) is 34.1 Å². The second-order valence-corrected chi connectivity index (χ2v) is 6.81. The van der Waals surface area contributed by atoms with E-state index in [1.807, 2.05) is 13.0 Å². The number of nitrogens with one attached hydrogen (secondary N) is 1. The summed E-state index contributed by atoms with van der Waals surface area (Å²) in [4.78, 5) is 1.31. The minimum atomic E-state index is -0.164. The third-order valence-corrected chi connectivity index (χ3v) is 5.11. The smallest absolute Gasteiger partial charge is 0.123 e. The van der Waals surface area contributed by atoms with Crippen LogP contribution >= 0.6 is 27.3 Å². The van der Waals surface area contributed by atoms with Gasteiger partial charge < -0.3 is 5.32 Å². The molecular formula is C16H19BrFNS. The fourth-order valence-electron chi connectivity index (χ4n) is 2.21. The summed E-state index contributed by atoms with van der Waals surface area (Å²) < 4.78 is 14.3. The second-order valence-electron chi connectivity index (χ2n) is 4.95. The molecule has 1 heterocycles. The topological polar surface area (TPSA) is 12.0 Å². The van der Waals surface area contributed by atoms with Gasteiger partial charge in [0.05, 0.1) is 0 Å². The third kappa shape index (κ3) is 4.14. The van der Waals surface area contributed by atoms with Crippen LogP contribution in [0.4, 0.5) is 4.39 Å². The molecule has 0 spiro atoms. The molecule has 1 unspecified atom stereocenters. The molecule has 0 radical (unpaired) electrons. The monoisotopic (exact) mass is 355 g/mol. The number of benzene rings is 1. The van der Waals surface area contributed by atoms with Crippen molar-refractivity contribution in [1.29, 1.82) is 0 Å². The zero-order valence-corrected chi connectivity index (χ0v) is 14.2. The predicted molar refractivity (Wildman–Crippen MR) is 87.9 cm³/mol. The first-order chi connectivity index (χ1) is 9.60. The molecular weight excluding hydrogens is 337 g/mol. The Morgan fingerprint density at radius 2 is 2.15 bits per heavy atom. The highest BCUT2D eigenvalue weighted by atomic mass is 79.9. The van der Waals surface area contributed by atoms with Crippen molar-refractivity contribution >= 4 is 27.3 Å². The maximum atomic E-state index is 13.2. The van der Waals surface area contributed by atoms with Gasteiger partial charge in [-0.05, 0) is 71.6 Å². The van der Waals surface area contributed by atoms with Gasteiger partial charge in [0.25, 0.3) is 0 Å². The lowest BCUT2D eigenvalue weighted by atomic mass is 10.00. The molecule has 1 atom stereocenters. The zero-order chi connectivity index (χ0) is 14.5. The number of hydrogen-bond acceptors (Lipinski definition) is 2. The standard InChI is InChI=1S/C16H19BrFNS/c1-3-6-19-15(16-9-13(17)10-20-16)8-12-4-5-14(18)7-11(12)2/h4-5,7,9-10,15,19H,3,6,8H2,1-2H3. The molecule has 1 nitrogen and oxygen atoms in total. The molecule has 1 aromatic carbocycles. The van der Waals surface area contributed by atoms with Crippen molar-refractivity contribution in [3.8, 4) is 0 Å². The summed E-state index contributed by atoms with van der Waals surface area (Å²) in [7, 11) is 0. The van der Waals surface area contributed by atoms with Crippen molar-refractivity contribution in [2.24, 2.45) is 0 Å². The van der Waals surface area contributed by atoms with Crippen LogP contribution in [-0.4, -0.2) is 6.54 Å². The first-order valence-electron chi connectivity index (χ1n) is 6.82. The SMILES string of the molecule is CCCNC(Cc1ccc(F)cc1C)c1cc(Br)cs1. The first kappa shape index (κ1) is 15.7. The minimum absolute atomic E-state index is 0.164. The van der Waals surface area contributed by atoms with Gasteiger partial charge >= 0.3 is 0 Å². The summed E-state index contributed by atoms with van der Waals surface area (Å²) >= 11 is 5.26. The lowest BCUT2D eigenvalue weighted by Gasteiger charge is -2.18. The highest BCUT2D eigenvalue weighted by Gasteiger charge is 2.15. The summed E-state index contributed by atoms with van der Waals surface area (Å²) in [5.41, 5.74) is 2.22. The molecule has 0 bridgehead atoms. The molecule has 2 rings (SSSR count). The molecule has 108 valence electrons. The van der Waals surface area contributed by atoms with Crippen LogP contribution in [0.5, 0.6) is 0 Å². The number of hydrogen-bond donors (Lipinski definition) is 1. The Labute approximate surface area is 132 Å². The minimum Gasteiger partial charge on any atom is -0.309 e. The highest BCUT2D eigenvalue weighted by molar-refractivity contribution is 9.10. The van der Waals surface area contributed by atoms with Crippen molar-refractivity contribution < 1.29 is 4.39 Å². The predicted octanol–water partition coefficient (Wildman–Crippen LogP) is 5.24. The maximum absolute atomic E-state index is 13.2. The highest BCUT2D eigenvalue weighted by Crippen LogP contribution is 2.28. The molecule has 0 saturated heterocycles. The van der Waals surface area contributed by atoms with Gasteiger partial charge in [-0.25, -0.2) is 4.39 Å². The number of rotatable bonds is 6. The van der Waals surface area contributed by atoms with Gasteiger partial charge in [-0.2, -0.15) is 0 Å². The van der Waals surface area contributed by atoms with E-state index in [0.717, 1.165) is 29.4 Å².